The second kappa shape index (κ2) is 12.5. The Morgan fingerprint density at radius 3 is 2.55 bits per heavy atom. The zero-order valence-corrected chi connectivity index (χ0v) is 21.4. The number of nitriles is 1. The van der Waals surface area contributed by atoms with Gasteiger partial charge in [-0.2, -0.15) is 5.26 Å². The number of rotatable bonds is 10. The summed E-state index contributed by atoms with van der Waals surface area (Å²) in [6.45, 7) is 3.11. The molecule has 0 saturated carbocycles. The SMILES string of the molecule is CCOc1cc(C(=O)NCCc2cncn2Cc2ccc(C#N)cc2)nc(C(=O)Nc2cccc(Cl)c2)c1. The van der Waals surface area contributed by atoms with Crippen LogP contribution in [0.25, 0.3) is 0 Å². The van der Waals surface area contributed by atoms with Crippen molar-refractivity contribution in [1.82, 2.24) is 19.9 Å². The van der Waals surface area contributed by atoms with Gasteiger partial charge in [-0.25, -0.2) is 9.97 Å². The highest BCUT2D eigenvalue weighted by Crippen LogP contribution is 2.19. The molecule has 9 nitrogen and oxygen atoms in total. The summed E-state index contributed by atoms with van der Waals surface area (Å²) in [6, 6.07) is 19.2. The molecule has 192 valence electrons. The van der Waals surface area contributed by atoms with E-state index in [1.165, 1.54) is 12.1 Å². The summed E-state index contributed by atoms with van der Waals surface area (Å²) in [6.07, 6.45) is 4.02. The molecule has 0 aliphatic heterocycles. The predicted molar refractivity (Wildman–Crippen MR) is 143 cm³/mol. The fourth-order valence-corrected chi connectivity index (χ4v) is 3.91. The summed E-state index contributed by atoms with van der Waals surface area (Å²) >= 11 is 6.00. The van der Waals surface area contributed by atoms with E-state index in [0.29, 0.717) is 48.1 Å². The Morgan fingerprint density at radius 2 is 1.84 bits per heavy atom. The van der Waals surface area contributed by atoms with Crippen molar-refractivity contribution in [2.24, 2.45) is 0 Å². The van der Waals surface area contributed by atoms with Gasteiger partial charge in [0.2, 0.25) is 0 Å². The summed E-state index contributed by atoms with van der Waals surface area (Å²) in [4.78, 5) is 34.2. The molecule has 2 aromatic carbocycles. The molecule has 0 aliphatic rings. The van der Waals surface area contributed by atoms with Crippen molar-refractivity contribution >= 4 is 29.1 Å². The first-order valence-corrected chi connectivity index (χ1v) is 12.3. The number of carbonyl (C=O) groups excluding carboxylic acids is 2. The lowest BCUT2D eigenvalue weighted by Crippen LogP contribution is -2.28. The molecule has 0 saturated heterocycles. The lowest BCUT2D eigenvalue weighted by atomic mass is 10.1. The highest BCUT2D eigenvalue weighted by atomic mass is 35.5. The smallest absolute Gasteiger partial charge is 0.274 e. The maximum atomic E-state index is 12.9. The second-order valence-corrected chi connectivity index (χ2v) is 8.73. The number of aromatic nitrogens is 3. The number of benzene rings is 2. The van der Waals surface area contributed by atoms with E-state index >= 15 is 0 Å². The van der Waals surface area contributed by atoms with Crippen molar-refractivity contribution in [2.45, 2.75) is 19.9 Å². The van der Waals surface area contributed by atoms with Gasteiger partial charge in [0.25, 0.3) is 11.8 Å². The molecule has 0 radical (unpaired) electrons. The number of anilines is 1. The lowest BCUT2D eigenvalue weighted by Gasteiger charge is -2.11. The van der Waals surface area contributed by atoms with Gasteiger partial charge in [-0.1, -0.05) is 29.8 Å². The summed E-state index contributed by atoms with van der Waals surface area (Å²) in [5.41, 5.74) is 3.20. The number of pyridine rings is 1. The fraction of sp³-hybridized carbons (Fsp3) is 0.179. The Balaban J connectivity index is 1.40. The number of nitrogens with zero attached hydrogens (tertiary/aromatic N) is 4. The fourth-order valence-electron chi connectivity index (χ4n) is 3.72. The number of hydrogen-bond donors (Lipinski definition) is 2. The van der Waals surface area contributed by atoms with Crippen LogP contribution in [0.5, 0.6) is 5.75 Å². The van der Waals surface area contributed by atoms with Crippen LogP contribution in [0.1, 0.15) is 44.7 Å². The van der Waals surface area contributed by atoms with E-state index in [1.807, 2.05) is 23.6 Å². The number of halogens is 1. The standard InChI is InChI=1S/C28H25ClN6O3/c1-2-38-24-13-25(34-26(14-24)28(37)33-22-5-3-4-21(29)12-22)27(36)32-11-10-23-16-31-18-35(23)17-20-8-6-19(15-30)7-9-20/h3-9,12-14,16,18H,2,10-11,17H2,1H3,(H,32,36)(H,33,37). The Kier molecular flexibility index (Phi) is 8.69. The number of nitrogens with one attached hydrogen (secondary N) is 2. The zero-order chi connectivity index (χ0) is 26.9. The molecule has 0 bridgehead atoms. The highest BCUT2D eigenvalue weighted by molar-refractivity contribution is 6.31. The van der Waals surface area contributed by atoms with Crippen molar-refractivity contribution in [3.05, 3.63) is 106 Å². The van der Waals surface area contributed by atoms with Crippen LogP contribution in [0.15, 0.2) is 73.2 Å². The molecule has 0 fully saturated rings. The normalized spacial score (nSPS) is 10.4. The minimum absolute atomic E-state index is 0.0431. The van der Waals surface area contributed by atoms with Gasteiger partial charge in [0, 0.05) is 54.2 Å². The summed E-state index contributed by atoms with van der Waals surface area (Å²) in [5, 5.41) is 15.0. The van der Waals surface area contributed by atoms with E-state index in [2.05, 4.69) is 26.7 Å². The molecule has 0 unspecified atom stereocenters. The molecule has 0 spiro atoms. The number of amides is 2. The quantitative estimate of drug-likeness (QED) is 0.313. The third kappa shape index (κ3) is 6.96. The van der Waals surface area contributed by atoms with Crippen LogP contribution in [-0.4, -0.2) is 39.5 Å². The monoisotopic (exact) mass is 528 g/mol. The molecule has 10 heteroatoms. The van der Waals surface area contributed by atoms with Crippen molar-refractivity contribution in [3.8, 4) is 11.8 Å². The highest BCUT2D eigenvalue weighted by Gasteiger charge is 2.16. The molecule has 38 heavy (non-hydrogen) atoms. The third-order valence-electron chi connectivity index (χ3n) is 5.56. The molecule has 4 aromatic rings. The minimum atomic E-state index is -0.491. The molecular formula is C28H25ClN6O3. The van der Waals surface area contributed by atoms with Crippen LogP contribution in [0.2, 0.25) is 5.02 Å². The first kappa shape index (κ1) is 26.4. The average molecular weight is 529 g/mol. The van der Waals surface area contributed by atoms with E-state index in [4.69, 9.17) is 21.6 Å². The Labute approximate surface area is 225 Å². The number of imidazole rings is 1. The zero-order valence-electron chi connectivity index (χ0n) is 20.6. The van der Waals surface area contributed by atoms with Gasteiger partial charge in [0.1, 0.15) is 17.1 Å². The van der Waals surface area contributed by atoms with Crippen LogP contribution in [0.4, 0.5) is 5.69 Å². The van der Waals surface area contributed by atoms with Crippen LogP contribution in [0.3, 0.4) is 0 Å². The Morgan fingerprint density at radius 1 is 1.08 bits per heavy atom. The predicted octanol–water partition coefficient (Wildman–Crippen LogP) is 4.47. The van der Waals surface area contributed by atoms with Crippen LogP contribution in [0, 0.1) is 11.3 Å². The van der Waals surface area contributed by atoms with Crippen molar-refractivity contribution < 1.29 is 14.3 Å². The molecule has 0 atom stereocenters. The number of carbonyl (C=O) groups is 2. The van der Waals surface area contributed by atoms with Gasteiger partial charge >= 0.3 is 0 Å². The van der Waals surface area contributed by atoms with Crippen LogP contribution < -0.4 is 15.4 Å². The van der Waals surface area contributed by atoms with Crippen LogP contribution in [-0.2, 0) is 13.0 Å². The van der Waals surface area contributed by atoms with E-state index in [9.17, 15) is 9.59 Å². The molecule has 2 aromatic heterocycles. The maximum absolute atomic E-state index is 12.9. The molecule has 0 aliphatic carbocycles. The first-order valence-electron chi connectivity index (χ1n) is 11.9. The maximum Gasteiger partial charge on any atom is 0.274 e. The van der Waals surface area contributed by atoms with Crippen molar-refractivity contribution in [2.75, 3.05) is 18.5 Å². The van der Waals surface area contributed by atoms with Gasteiger partial charge in [-0.15, -0.1) is 0 Å². The van der Waals surface area contributed by atoms with Crippen molar-refractivity contribution in [1.29, 1.82) is 5.26 Å². The molecule has 2 amide bonds. The summed E-state index contributed by atoms with van der Waals surface area (Å²) in [5.74, 6) is -0.555. The van der Waals surface area contributed by atoms with Crippen molar-refractivity contribution in [3.63, 3.8) is 0 Å². The van der Waals surface area contributed by atoms with Gasteiger partial charge < -0.3 is 19.9 Å². The molecule has 4 rings (SSSR count). The van der Waals surface area contributed by atoms with Gasteiger partial charge in [0.05, 0.1) is 24.6 Å². The average Bonchev–Trinajstić information content (AvgIpc) is 3.35. The van der Waals surface area contributed by atoms with Gasteiger partial charge in [0.15, 0.2) is 0 Å². The van der Waals surface area contributed by atoms with E-state index in [1.54, 1.807) is 48.9 Å². The van der Waals surface area contributed by atoms with Crippen LogP contribution >= 0.6 is 11.6 Å². The third-order valence-corrected chi connectivity index (χ3v) is 5.79. The number of hydrogen-bond acceptors (Lipinski definition) is 6. The van der Waals surface area contributed by atoms with E-state index in [0.717, 1.165) is 11.3 Å². The van der Waals surface area contributed by atoms with Gasteiger partial charge in [-0.3, -0.25) is 9.59 Å². The lowest BCUT2D eigenvalue weighted by molar-refractivity contribution is 0.0948. The second-order valence-electron chi connectivity index (χ2n) is 8.30. The minimum Gasteiger partial charge on any atom is -0.494 e. The first-order chi connectivity index (χ1) is 18.4. The van der Waals surface area contributed by atoms with Gasteiger partial charge in [-0.05, 0) is 42.8 Å². The molecule has 2 N–H and O–H groups in total. The Bertz CT molecular complexity index is 1480. The van der Waals surface area contributed by atoms with E-state index in [-0.39, 0.29) is 11.4 Å². The molecule has 2 heterocycles. The molecular weight excluding hydrogens is 504 g/mol. The van der Waals surface area contributed by atoms with E-state index < -0.39 is 11.8 Å². The number of ether oxygens (including phenoxy) is 1. The summed E-state index contributed by atoms with van der Waals surface area (Å²) in [7, 11) is 0. The topological polar surface area (TPSA) is 122 Å². The summed E-state index contributed by atoms with van der Waals surface area (Å²) < 4.78 is 7.54. The Hall–Kier alpha value is -4.68. The largest absolute Gasteiger partial charge is 0.494 e.